The maximum absolute atomic E-state index is 12.2. The number of aryl methyl sites for hydroxylation is 2. The number of carboxylic acid groups (broad SMARTS) is 1. The lowest BCUT2D eigenvalue weighted by molar-refractivity contribution is -0.385. The second-order valence-corrected chi connectivity index (χ2v) is 21.3. The molecule has 6 N–H and O–H groups in total. The van der Waals surface area contributed by atoms with Gasteiger partial charge in [-0.1, -0.05) is 83.7 Å². The number of nitrogens with zero attached hydrogens (tertiary/aromatic N) is 6. The molecule has 0 fully saturated rings. The van der Waals surface area contributed by atoms with Crippen LogP contribution in [0, 0.1) is 17.0 Å². The molecule has 2 heterocycles. The number of alkyl halides is 3. The van der Waals surface area contributed by atoms with Gasteiger partial charge in [-0.3, -0.25) is 34.4 Å². The number of methoxy groups -OCH3 is 2. The maximum atomic E-state index is 12.2. The second kappa shape index (κ2) is 35.9. The van der Waals surface area contributed by atoms with Crippen molar-refractivity contribution in [1.82, 2.24) is 20.3 Å². The summed E-state index contributed by atoms with van der Waals surface area (Å²) in [7, 11) is -1.32. The first-order valence-corrected chi connectivity index (χ1v) is 28.6. The Morgan fingerprint density at radius 2 is 1.62 bits per heavy atom. The quantitative estimate of drug-likeness (QED) is 0.0147. The van der Waals surface area contributed by atoms with Gasteiger partial charge in [-0.15, -0.1) is 11.6 Å². The zero-order chi connectivity index (χ0) is 61.1. The Bertz CT molecular complexity index is 2930. The number of carbonyl (C=O) groups is 4. The van der Waals surface area contributed by atoms with Gasteiger partial charge in [-0.2, -0.15) is 15.0 Å². The number of aromatic nitrogens is 3. The van der Waals surface area contributed by atoms with Crippen LogP contribution in [0.5, 0.6) is 17.2 Å². The molecule has 0 spiro atoms. The van der Waals surface area contributed by atoms with Crippen LogP contribution in [-0.4, -0.2) is 134 Å². The Balaban J connectivity index is 0.000000354. The molecule has 0 saturated heterocycles. The average Bonchev–Trinajstić information content (AvgIpc) is 3.39. The average molecular weight is 1270 g/mol. The highest BCUT2D eigenvalue weighted by Crippen LogP contribution is 2.36. The van der Waals surface area contributed by atoms with Crippen molar-refractivity contribution in [2.45, 2.75) is 77.8 Å². The highest BCUT2D eigenvalue weighted by Gasteiger charge is 2.32. The first-order chi connectivity index (χ1) is 38.1. The Morgan fingerprint density at radius 3 is 2.17 bits per heavy atom. The van der Waals surface area contributed by atoms with Crippen molar-refractivity contribution in [3.05, 3.63) is 121 Å². The first-order valence-electron chi connectivity index (χ1n) is 24.3. The molecule has 0 bridgehead atoms. The first kappa shape index (κ1) is 71.3. The molecular formula is C51H64Cl6N9O14P. The molecule has 2 amide bonds. The van der Waals surface area contributed by atoms with E-state index in [9.17, 15) is 33.9 Å². The van der Waals surface area contributed by atoms with E-state index >= 15 is 0 Å². The van der Waals surface area contributed by atoms with E-state index in [2.05, 4.69) is 48.6 Å². The zero-order valence-electron chi connectivity index (χ0n) is 45.5. The molecule has 0 saturated carbocycles. The lowest BCUT2D eigenvalue weighted by Crippen LogP contribution is -2.47. The summed E-state index contributed by atoms with van der Waals surface area (Å²) in [5.41, 5.74) is 3.34. The van der Waals surface area contributed by atoms with Crippen molar-refractivity contribution in [2.75, 3.05) is 73.1 Å². The molecule has 1 aliphatic heterocycles. The van der Waals surface area contributed by atoms with Crippen molar-refractivity contribution in [3.63, 3.8) is 0 Å². The van der Waals surface area contributed by atoms with Gasteiger partial charge in [0, 0.05) is 36.9 Å². The Kier molecular flexibility index (Phi) is 31.6. The monoisotopic (exact) mass is 1270 g/mol. The van der Waals surface area contributed by atoms with Crippen LogP contribution in [0.1, 0.15) is 63.0 Å². The summed E-state index contributed by atoms with van der Waals surface area (Å²) in [6.07, 6.45) is 0.280. The van der Waals surface area contributed by atoms with E-state index in [1.807, 2.05) is 77.9 Å². The summed E-state index contributed by atoms with van der Waals surface area (Å²) >= 11 is 34.5. The van der Waals surface area contributed by atoms with Crippen LogP contribution >= 0.6 is 77.2 Å². The van der Waals surface area contributed by atoms with Gasteiger partial charge < -0.3 is 54.3 Å². The summed E-state index contributed by atoms with van der Waals surface area (Å²) in [6, 6.07) is 21.9. The largest absolute Gasteiger partial charge is 0.489 e. The Hall–Kier alpha value is -5.82. The predicted octanol–water partition coefficient (Wildman–Crippen LogP) is 10.8. The minimum Gasteiger partial charge on any atom is -0.489 e. The van der Waals surface area contributed by atoms with Gasteiger partial charge in [-0.25, -0.2) is 4.79 Å². The molecule has 0 radical (unpaired) electrons. The topological polar surface area (TPSA) is 307 Å². The maximum Gasteiger partial charge on any atom is 0.345 e. The molecule has 6 rings (SSSR count). The zero-order valence-corrected chi connectivity index (χ0v) is 50.9. The molecule has 81 heavy (non-hydrogen) atoms. The Labute approximate surface area is 499 Å². The van der Waals surface area contributed by atoms with Gasteiger partial charge in [0.2, 0.25) is 23.1 Å². The number of hydrogen-bond donors (Lipinski definition) is 6. The number of nitro benzene ring substituents is 1. The fraction of sp³-hybridized carbons (Fsp3) is 0.392. The van der Waals surface area contributed by atoms with Crippen LogP contribution in [0.4, 0.5) is 29.0 Å². The number of benzene rings is 4. The number of anilines is 4. The number of halogens is 6. The predicted molar refractivity (Wildman–Crippen MR) is 316 cm³/mol. The molecule has 2 unspecified atom stereocenters. The second-order valence-electron chi connectivity index (χ2n) is 17.1. The van der Waals surface area contributed by atoms with E-state index in [4.69, 9.17) is 98.7 Å². The summed E-state index contributed by atoms with van der Waals surface area (Å²) in [5.74, 6) is -0.221. The molecule has 0 aliphatic carbocycles. The minimum atomic E-state index is -4.10. The molecule has 2 atom stereocenters. The molecule has 1 aromatic heterocycles. The number of carbonyl (C=O) groups excluding carboxylic acids is 3. The van der Waals surface area contributed by atoms with E-state index in [0.29, 0.717) is 41.6 Å². The number of rotatable bonds is 19. The third-order valence-electron chi connectivity index (χ3n) is 10.3. The third kappa shape index (κ3) is 24.7. The van der Waals surface area contributed by atoms with Gasteiger partial charge >= 0.3 is 19.5 Å². The van der Waals surface area contributed by atoms with E-state index in [-0.39, 0.29) is 63.1 Å². The third-order valence-corrected chi connectivity index (χ3v) is 12.2. The summed E-state index contributed by atoms with van der Waals surface area (Å²) in [4.78, 5) is 86.4. The number of para-hydroxylation sites is 3. The van der Waals surface area contributed by atoms with Gasteiger partial charge in [0.15, 0.2) is 4.84 Å². The van der Waals surface area contributed by atoms with Crippen LogP contribution in [0.2, 0.25) is 15.3 Å². The molecule has 30 heteroatoms. The number of amides is 2. The van der Waals surface area contributed by atoms with E-state index in [0.717, 1.165) is 48.6 Å². The van der Waals surface area contributed by atoms with Crippen molar-refractivity contribution < 1.29 is 62.5 Å². The highest BCUT2D eigenvalue weighted by molar-refractivity contribution is 7.51. The number of aliphatic carboxylic acids is 1. The van der Waals surface area contributed by atoms with E-state index in [1.54, 1.807) is 29.0 Å². The number of carboxylic acids is 1. The number of fused-ring (bicyclic) bond motifs is 1. The van der Waals surface area contributed by atoms with Crippen molar-refractivity contribution in [1.29, 1.82) is 0 Å². The molecule has 1 aliphatic rings. The number of ether oxygens (including phenoxy) is 4. The van der Waals surface area contributed by atoms with Gasteiger partial charge in [0.05, 0.1) is 60.0 Å². The van der Waals surface area contributed by atoms with Crippen LogP contribution in [0.25, 0.3) is 0 Å². The van der Waals surface area contributed by atoms with E-state index < -0.39 is 42.1 Å². The minimum absolute atomic E-state index is 0.0223. The van der Waals surface area contributed by atoms with Crippen molar-refractivity contribution >= 4 is 130 Å². The van der Waals surface area contributed by atoms with E-state index in [1.165, 1.54) is 18.2 Å². The Morgan fingerprint density at radius 1 is 0.951 bits per heavy atom. The van der Waals surface area contributed by atoms with Gasteiger partial charge in [0.1, 0.15) is 35.3 Å². The number of nitro groups is 1. The van der Waals surface area contributed by atoms with Crippen LogP contribution in [-0.2, 0) is 34.8 Å². The summed E-state index contributed by atoms with van der Waals surface area (Å²) < 4.78 is 30.8. The molecule has 444 valence electrons. The van der Waals surface area contributed by atoms with Crippen molar-refractivity contribution in [3.8, 4) is 17.2 Å². The number of hydrogen-bond acceptors (Lipinski definition) is 17. The molecule has 4 aromatic carbocycles. The fourth-order valence-electron chi connectivity index (χ4n) is 6.98. The molecular weight excluding hydrogens is 1210 g/mol. The molecule has 5 aromatic rings. The lowest BCUT2D eigenvalue weighted by Gasteiger charge is -2.35. The summed E-state index contributed by atoms with van der Waals surface area (Å²) in [5, 5.41) is 27.9. The van der Waals surface area contributed by atoms with Crippen molar-refractivity contribution in [2.24, 2.45) is 0 Å². The summed E-state index contributed by atoms with van der Waals surface area (Å²) in [6.45, 7) is 15.2. The SMILES string of the molecule is CC1COc2ccccc2N1C(=O)C(Cl)Cl.CCNc1nc(Cl)nc(NC(C)C)n1.CCc1cccc(C)c1N(C(=O)CCl)C(C)COC.COC(=O)c1cc(Oc2ccc(Cl)cc2Cl)ccc1[N+](=O)[O-].O=C(O)CNCP(=O)(O)O. The van der Waals surface area contributed by atoms with Crippen LogP contribution < -0.4 is 35.2 Å². The van der Waals surface area contributed by atoms with Crippen LogP contribution in [0.3, 0.4) is 0 Å². The fourth-order valence-corrected chi connectivity index (χ4v) is 8.33. The van der Waals surface area contributed by atoms with Crippen LogP contribution in [0.15, 0.2) is 78.9 Å². The lowest BCUT2D eigenvalue weighted by atomic mass is 10.0. The standard InChI is InChI=1S/C15H22ClNO2.C14H9Cl2NO5.C11H11Cl2NO2.C8H14ClN5.C3H8NO5P/c1-5-13-8-6-7-11(2)15(13)17(14(18)9-16)12(3)10-19-4;1-21-14(18)10-7-9(3-4-12(10)17(19)20)22-13-5-2-8(15)6-11(13)16;1-7-6-16-9-5-3-2-4-8(9)14(7)11(15)10(12)13;1-4-10-7-12-6(9)13-8(14-7)11-5(2)3;5-3(6)1-4-2-10(7,8)9/h6-8,12H,5,9-10H2,1-4H3;2-7H,1H3;2-5,7,10H,6H2,1H3;5H,4H2,1-3H3,(H2,10,11,12,13,14);4H,1-2H2,(H,5,6)(H2,7,8,9). The number of nitrogens with one attached hydrogen (secondary N) is 3. The van der Waals surface area contributed by atoms with Gasteiger partial charge in [-0.05, 0) is 107 Å². The number of esters is 1. The molecule has 23 nitrogen and oxygen atoms in total. The smallest absolute Gasteiger partial charge is 0.345 e. The van der Waals surface area contributed by atoms with Gasteiger partial charge in [0.25, 0.3) is 11.6 Å². The highest BCUT2D eigenvalue weighted by atomic mass is 35.5. The normalized spacial score (nSPS) is 12.6.